The molecule has 0 saturated carbocycles. The summed E-state index contributed by atoms with van der Waals surface area (Å²) in [6.07, 6.45) is 0.822. The number of rotatable bonds is 4. The van der Waals surface area contributed by atoms with E-state index in [0.717, 1.165) is 17.8 Å². The van der Waals surface area contributed by atoms with E-state index in [-0.39, 0.29) is 5.41 Å². The van der Waals surface area contributed by atoms with Gasteiger partial charge in [0.1, 0.15) is 11.3 Å². The number of fused-ring (bicyclic) bond motifs is 1. The standard InChI is InChI=1S/C22H27NO/c1-15(22(2,3)4)19-13-16(10-11-20(19)23-5)12-18-14-17-8-6-7-9-21(17)24-18/h6-11,13-15,23H,12H2,1-5H3. The van der Waals surface area contributed by atoms with Crippen molar-refractivity contribution in [3.8, 4) is 0 Å². The van der Waals surface area contributed by atoms with Crippen LogP contribution in [0.1, 0.15) is 50.5 Å². The molecule has 3 rings (SSSR count). The molecule has 0 bridgehead atoms. The summed E-state index contributed by atoms with van der Waals surface area (Å²) in [7, 11) is 1.99. The van der Waals surface area contributed by atoms with Crippen molar-refractivity contribution in [3.05, 3.63) is 65.4 Å². The van der Waals surface area contributed by atoms with Crippen LogP contribution in [0.5, 0.6) is 0 Å². The van der Waals surface area contributed by atoms with Crippen LogP contribution in [0.2, 0.25) is 0 Å². The zero-order chi connectivity index (χ0) is 17.3. The fraction of sp³-hybridized carbons (Fsp3) is 0.364. The average Bonchev–Trinajstić information content (AvgIpc) is 2.95. The highest BCUT2D eigenvalue weighted by Gasteiger charge is 2.24. The quantitative estimate of drug-likeness (QED) is 0.617. The topological polar surface area (TPSA) is 25.2 Å². The predicted molar refractivity (Wildman–Crippen MR) is 103 cm³/mol. The molecular formula is C22H27NO. The minimum Gasteiger partial charge on any atom is -0.461 e. The maximum absolute atomic E-state index is 5.98. The molecule has 2 aromatic carbocycles. The highest BCUT2D eigenvalue weighted by Crippen LogP contribution is 2.38. The van der Waals surface area contributed by atoms with Gasteiger partial charge in [0.25, 0.3) is 0 Å². The molecule has 0 aliphatic rings. The van der Waals surface area contributed by atoms with Gasteiger partial charge < -0.3 is 9.73 Å². The minimum atomic E-state index is 0.226. The molecule has 1 heterocycles. The summed E-state index contributed by atoms with van der Waals surface area (Å²) in [4.78, 5) is 0. The van der Waals surface area contributed by atoms with E-state index in [1.54, 1.807) is 0 Å². The van der Waals surface area contributed by atoms with Gasteiger partial charge in [-0.2, -0.15) is 0 Å². The van der Waals surface area contributed by atoms with Gasteiger partial charge in [-0.1, -0.05) is 58.0 Å². The number of anilines is 1. The van der Waals surface area contributed by atoms with Crippen molar-refractivity contribution in [2.24, 2.45) is 5.41 Å². The molecule has 0 spiro atoms. The van der Waals surface area contributed by atoms with Gasteiger partial charge in [0, 0.05) is 24.5 Å². The summed E-state index contributed by atoms with van der Waals surface area (Å²) in [5, 5.41) is 4.51. The Morgan fingerprint density at radius 2 is 1.79 bits per heavy atom. The Morgan fingerprint density at radius 3 is 2.46 bits per heavy atom. The second-order valence-corrected chi connectivity index (χ2v) is 7.69. The Morgan fingerprint density at radius 1 is 1.04 bits per heavy atom. The van der Waals surface area contributed by atoms with E-state index in [4.69, 9.17) is 4.42 Å². The van der Waals surface area contributed by atoms with Crippen LogP contribution in [0.15, 0.2) is 52.9 Å². The molecule has 0 fully saturated rings. The van der Waals surface area contributed by atoms with Crippen LogP contribution < -0.4 is 5.32 Å². The Hall–Kier alpha value is -2.22. The third-order valence-corrected chi connectivity index (χ3v) is 5.01. The zero-order valence-corrected chi connectivity index (χ0v) is 15.3. The lowest BCUT2D eigenvalue weighted by molar-refractivity contribution is 0.340. The first-order valence-corrected chi connectivity index (χ1v) is 8.66. The molecule has 24 heavy (non-hydrogen) atoms. The van der Waals surface area contributed by atoms with Crippen LogP contribution in [-0.4, -0.2) is 7.05 Å². The third-order valence-electron chi connectivity index (χ3n) is 5.01. The fourth-order valence-corrected chi connectivity index (χ4v) is 3.10. The van der Waals surface area contributed by atoms with Crippen LogP contribution in [0.25, 0.3) is 11.0 Å². The molecule has 1 atom stereocenters. The first kappa shape index (κ1) is 16.6. The lowest BCUT2D eigenvalue weighted by Crippen LogP contribution is -2.17. The van der Waals surface area contributed by atoms with Crippen LogP contribution in [0.4, 0.5) is 5.69 Å². The van der Waals surface area contributed by atoms with Gasteiger partial charge in [-0.05, 0) is 40.7 Å². The molecule has 2 heteroatoms. The van der Waals surface area contributed by atoms with Gasteiger partial charge in [-0.3, -0.25) is 0 Å². The molecule has 2 nitrogen and oxygen atoms in total. The smallest absolute Gasteiger partial charge is 0.134 e. The van der Waals surface area contributed by atoms with Crippen LogP contribution in [-0.2, 0) is 6.42 Å². The van der Waals surface area contributed by atoms with E-state index in [0.29, 0.717) is 5.92 Å². The van der Waals surface area contributed by atoms with Crippen LogP contribution in [0, 0.1) is 5.41 Å². The fourth-order valence-electron chi connectivity index (χ4n) is 3.10. The summed E-state index contributed by atoms with van der Waals surface area (Å²) in [6, 6.07) is 17.0. The lowest BCUT2D eigenvalue weighted by Gasteiger charge is -2.29. The van der Waals surface area contributed by atoms with Crippen molar-refractivity contribution in [2.75, 3.05) is 12.4 Å². The summed E-state index contributed by atoms with van der Waals surface area (Å²) in [5.41, 5.74) is 5.06. The molecule has 1 aromatic heterocycles. The van der Waals surface area contributed by atoms with E-state index in [1.807, 2.05) is 25.2 Å². The van der Waals surface area contributed by atoms with Crippen molar-refractivity contribution >= 4 is 16.7 Å². The summed E-state index contributed by atoms with van der Waals surface area (Å²) >= 11 is 0. The highest BCUT2D eigenvalue weighted by atomic mass is 16.3. The third kappa shape index (κ3) is 3.33. The van der Waals surface area contributed by atoms with E-state index in [2.05, 4.69) is 63.3 Å². The van der Waals surface area contributed by atoms with Gasteiger partial charge >= 0.3 is 0 Å². The van der Waals surface area contributed by atoms with E-state index < -0.39 is 0 Å². The molecule has 0 amide bonds. The Bertz CT molecular complexity index is 806. The van der Waals surface area contributed by atoms with Gasteiger partial charge in [0.2, 0.25) is 0 Å². The molecule has 1 N–H and O–H groups in total. The normalized spacial score (nSPS) is 13.2. The van der Waals surface area contributed by atoms with Crippen molar-refractivity contribution < 1.29 is 4.42 Å². The first-order chi connectivity index (χ1) is 11.4. The molecule has 0 saturated heterocycles. The van der Waals surface area contributed by atoms with Crippen LogP contribution >= 0.6 is 0 Å². The molecule has 3 aromatic rings. The van der Waals surface area contributed by atoms with Gasteiger partial charge in [-0.15, -0.1) is 0 Å². The molecule has 0 aliphatic carbocycles. The Labute approximate surface area is 144 Å². The number of hydrogen-bond acceptors (Lipinski definition) is 2. The number of furan rings is 1. The zero-order valence-electron chi connectivity index (χ0n) is 15.3. The van der Waals surface area contributed by atoms with Gasteiger partial charge in [0.15, 0.2) is 0 Å². The number of para-hydroxylation sites is 1. The van der Waals surface area contributed by atoms with Crippen molar-refractivity contribution in [1.29, 1.82) is 0 Å². The molecule has 126 valence electrons. The van der Waals surface area contributed by atoms with E-state index in [9.17, 15) is 0 Å². The summed E-state index contributed by atoms with van der Waals surface area (Å²) < 4.78 is 5.98. The summed E-state index contributed by atoms with van der Waals surface area (Å²) in [5.74, 6) is 1.48. The Balaban J connectivity index is 1.93. The molecule has 0 aliphatic heterocycles. The van der Waals surface area contributed by atoms with Crippen molar-refractivity contribution in [1.82, 2.24) is 0 Å². The highest BCUT2D eigenvalue weighted by molar-refractivity contribution is 5.77. The molecule has 1 unspecified atom stereocenters. The first-order valence-electron chi connectivity index (χ1n) is 8.66. The lowest BCUT2D eigenvalue weighted by atomic mass is 9.77. The van der Waals surface area contributed by atoms with Gasteiger partial charge in [-0.25, -0.2) is 0 Å². The maximum Gasteiger partial charge on any atom is 0.134 e. The number of benzene rings is 2. The van der Waals surface area contributed by atoms with E-state index >= 15 is 0 Å². The SMILES string of the molecule is CNc1ccc(Cc2cc3ccccc3o2)cc1C(C)C(C)(C)C. The largest absolute Gasteiger partial charge is 0.461 e. The molecule has 0 radical (unpaired) electrons. The second kappa shape index (κ2) is 6.35. The number of hydrogen-bond donors (Lipinski definition) is 1. The second-order valence-electron chi connectivity index (χ2n) is 7.69. The van der Waals surface area contributed by atoms with Crippen molar-refractivity contribution in [3.63, 3.8) is 0 Å². The minimum absolute atomic E-state index is 0.226. The predicted octanol–water partition coefficient (Wildman–Crippen LogP) is 6.21. The molecular weight excluding hydrogens is 294 g/mol. The van der Waals surface area contributed by atoms with Gasteiger partial charge in [0.05, 0.1) is 0 Å². The van der Waals surface area contributed by atoms with Crippen molar-refractivity contribution in [2.45, 2.75) is 40.0 Å². The number of nitrogens with one attached hydrogen (secondary N) is 1. The van der Waals surface area contributed by atoms with Crippen LogP contribution in [0.3, 0.4) is 0 Å². The maximum atomic E-state index is 5.98. The van der Waals surface area contributed by atoms with E-state index in [1.165, 1.54) is 22.2 Å². The summed E-state index contributed by atoms with van der Waals surface area (Å²) in [6.45, 7) is 9.19. The monoisotopic (exact) mass is 321 g/mol. The average molecular weight is 321 g/mol. The Kier molecular flexibility index (Phi) is 4.40.